The third-order valence-corrected chi connectivity index (χ3v) is 8.75. The highest BCUT2D eigenvalue weighted by molar-refractivity contribution is 5.99. The van der Waals surface area contributed by atoms with Crippen LogP contribution in [0.3, 0.4) is 0 Å². The van der Waals surface area contributed by atoms with Gasteiger partial charge in [0.1, 0.15) is 5.75 Å². The van der Waals surface area contributed by atoms with Crippen LogP contribution in [0.1, 0.15) is 95.3 Å². The number of carbonyl (C=O) groups is 3. The van der Waals surface area contributed by atoms with Crippen LogP contribution < -0.4 is 15.4 Å². The van der Waals surface area contributed by atoms with Crippen LogP contribution in [0.4, 0.5) is 23.7 Å². The minimum atomic E-state index is -4.43. The summed E-state index contributed by atoms with van der Waals surface area (Å²) in [5.41, 5.74) is 0.645. The molecule has 0 radical (unpaired) electrons. The largest absolute Gasteiger partial charge is 0.490 e. The van der Waals surface area contributed by atoms with E-state index in [4.69, 9.17) is 9.47 Å². The van der Waals surface area contributed by atoms with Crippen LogP contribution in [0, 0.1) is 5.92 Å². The zero-order valence-corrected chi connectivity index (χ0v) is 27.5. The average Bonchev–Trinajstić information content (AvgIpc) is 3.01. The standard InChI is InChI=1S/C33H51F3N4O6/c1-22-19-40(23(2)21-41)31(43)27-18-26(38-32(44)37-25-11-6-5-7-12-25)13-14-28(27)46-24(3)10-8-9-17-45-29(22)20-39(4)30(42)15-16-33(34,35)36/h13-14,18,22-25,29,41H,5-12,15-17,19-21H2,1-4H3,(H2,37,38,44)/t22-,23+,24-,29+/m0/s1. The number of aliphatic hydroxyl groups excluding tert-OH is 1. The monoisotopic (exact) mass is 656 g/mol. The number of ether oxygens (including phenoxy) is 2. The molecule has 0 bridgehead atoms. The summed E-state index contributed by atoms with van der Waals surface area (Å²) < 4.78 is 50.6. The van der Waals surface area contributed by atoms with Crippen LogP contribution in [0.15, 0.2) is 18.2 Å². The first-order valence-corrected chi connectivity index (χ1v) is 16.5. The van der Waals surface area contributed by atoms with E-state index < -0.39 is 43.0 Å². The summed E-state index contributed by atoms with van der Waals surface area (Å²) >= 11 is 0. The Labute approximate surface area is 270 Å². The molecule has 4 atom stereocenters. The smallest absolute Gasteiger partial charge is 0.389 e. The van der Waals surface area contributed by atoms with Crippen molar-refractivity contribution in [3.63, 3.8) is 0 Å². The van der Waals surface area contributed by atoms with Crippen molar-refractivity contribution in [2.24, 2.45) is 5.92 Å². The third kappa shape index (κ3) is 11.9. The van der Waals surface area contributed by atoms with E-state index >= 15 is 0 Å². The normalized spacial score (nSPS) is 23.0. The average molecular weight is 657 g/mol. The quantitative estimate of drug-likeness (QED) is 0.329. The van der Waals surface area contributed by atoms with Crippen molar-refractivity contribution >= 4 is 23.5 Å². The summed E-state index contributed by atoms with van der Waals surface area (Å²) in [5, 5.41) is 16.0. The lowest BCUT2D eigenvalue weighted by atomic mass is 9.96. The van der Waals surface area contributed by atoms with Gasteiger partial charge in [0.2, 0.25) is 5.91 Å². The fraction of sp³-hybridized carbons (Fsp3) is 0.727. The molecule has 1 fully saturated rings. The summed E-state index contributed by atoms with van der Waals surface area (Å²) in [4.78, 5) is 42.3. The van der Waals surface area contributed by atoms with Gasteiger partial charge in [-0.05, 0) is 64.2 Å². The van der Waals surface area contributed by atoms with E-state index in [9.17, 15) is 32.7 Å². The highest BCUT2D eigenvalue weighted by atomic mass is 19.4. The van der Waals surface area contributed by atoms with Crippen LogP contribution in [0.2, 0.25) is 0 Å². The Hall–Kier alpha value is -3.06. The number of hydrogen-bond acceptors (Lipinski definition) is 6. The molecule has 4 amide bonds. The number of benzene rings is 1. The second-order valence-corrected chi connectivity index (χ2v) is 12.8. The number of hydrogen-bond donors (Lipinski definition) is 3. The van der Waals surface area contributed by atoms with Gasteiger partial charge in [-0.15, -0.1) is 0 Å². The topological polar surface area (TPSA) is 120 Å². The SMILES string of the molecule is C[C@H](CO)N1C[C@H](C)[C@@H](CN(C)C(=O)CCC(F)(F)F)OCCCC[C@H](C)Oc2ccc(NC(=O)NC3CCCCC3)cc2C1=O. The summed E-state index contributed by atoms with van der Waals surface area (Å²) in [6, 6.07) is 4.10. The maximum atomic E-state index is 14.2. The Morgan fingerprint density at radius 2 is 1.80 bits per heavy atom. The second kappa shape index (κ2) is 17.7. The Morgan fingerprint density at radius 3 is 2.48 bits per heavy atom. The molecule has 0 saturated heterocycles. The molecule has 3 N–H and O–H groups in total. The molecule has 13 heteroatoms. The van der Waals surface area contributed by atoms with Gasteiger partial charge in [0.15, 0.2) is 0 Å². The van der Waals surface area contributed by atoms with Gasteiger partial charge in [0, 0.05) is 50.8 Å². The summed E-state index contributed by atoms with van der Waals surface area (Å²) in [5.74, 6) is -1.06. The lowest BCUT2D eigenvalue weighted by Gasteiger charge is -2.36. The van der Waals surface area contributed by atoms with Crippen LogP contribution in [0.25, 0.3) is 0 Å². The molecule has 2 aliphatic rings. The minimum absolute atomic E-state index is 0.0493. The Kier molecular flexibility index (Phi) is 14.4. The molecule has 0 spiro atoms. The molecule has 10 nitrogen and oxygen atoms in total. The molecular weight excluding hydrogens is 605 g/mol. The fourth-order valence-electron chi connectivity index (χ4n) is 5.87. The van der Waals surface area contributed by atoms with E-state index in [-0.39, 0.29) is 49.4 Å². The van der Waals surface area contributed by atoms with Crippen LogP contribution in [-0.4, -0.2) is 96.6 Å². The van der Waals surface area contributed by atoms with Crippen LogP contribution in [0.5, 0.6) is 5.75 Å². The number of likely N-dealkylation sites (N-methyl/N-ethyl adjacent to an activating group) is 1. The summed E-state index contributed by atoms with van der Waals surface area (Å²) in [6.07, 6.45) is 0.193. The third-order valence-electron chi connectivity index (χ3n) is 8.75. The molecule has 0 unspecified atom stereocenters. The number of halogens is 3. The Morgan fingerprint density at radius 1 is 1.11 bits per heavy atom. The molecule has 260 valence electrons. The van der Waals surface area contributed by atoms with E-state index in [0.717, 1.165) is 38.5 Å². The molecule has 1 aliphatic carbocycles. The maximum absolute atomic E-state index is 14.2. The Balaban J connectivity index is 1.86. The van der Waals surface area contributed by atoms with Crippen molar-refractivity contribution in [2.45, 2.75) is 115 Å². The number of nitrogens with zero attached hydrogens (tertiary/aromatic N) is 2. The van der Waals surface area contributed by atoms with E-state index in [1.807, 2.05) is 13.8 Å². The van der Waals surface area contributed by atoms with Gasteiger partial charge in [-0.25, -0.2) is 4.79 Å². The van der Waals surface area contributed by atoms with E-state index in [1.165, 1.54) is 16.8 Å². The van der Waals surface area contributed by atoms with Crippen molar-refractivity contribution in [1.82, 2.24) is 15.1 Å². The number of nitrogens with one attached hydrogen (secondary N) is 2. The first kappa shape index (κ1) is 37.4. The van der Waals surface area contributed by atoms with Crippen molar-refractivity contribution in [2.75, 3.05) is 38.7 Å². The fourth-order valence-corrected chi connectivity index (χ4v) is 5.87. The van der Waals surface area contributed by atoms with E-state index in [0.29, 0.717) is 30.9 Å². The molecular formula is C33H51F3N4O6. The lowest BCUT2D eigenvalue weighted by Crippen LogP contribution is -2.48. The first-order valence-electron chi connectivity index (χ1n) is 16.5. The first-order chi connectivity index (χ1) is 21.8. The molecule has 3 rings (SSSR count). The van der Waals surface area contributed by atoms with Crippen molar-refractivity contribution < 1.29 is 42.1 Å². The molecule has 46 heavy (non-hydrogen) atoms. The molecule has 1 aliphatic heterocycles. The molecule has 1 aromatic carbocycles. The molecule has 1 saturated carbocycles. The Bertz CT molecular complexity index is 1150. The van der Waals surface area contributed by atoms with Gasteiger partial charge in [-0.2, -0.15) is 13.2 Å². The van der Waals surface area contributed by atoms with E-state index in [2.05, 4.69) is 10.6 Å². The second-order valence-electron chi connectivity index (χ2n) is 12.8. The van der Waals surface area contributed by atoms with Gasteiger partial charge < -0.3 is 35.0 Å². The van der Waals surface area contributed by atoms with Crippen LogP contribution in [-0.2, 0) is 9.53 Å². The molecule has 1 aromatic rings. The number of rotatable bonds is 8. The predicted octanol–water partition coefficient (Wildman–Crippen LogP) is 5.74. The minimum Gasteiger partial charge on any atom is -0.490 e. The van der Waals surface area contributed by atoms with Crippen molar-refractivity contribution in [3.8, 4) is 5.75 Å². The van der Waals surface area contributed by atoms with Gasteiger partial charge in [0.05, 0.1) is 36.8 Å². The maximum Gasteiger partial charge on any atom is 0.389 e. The van der Waals surface area contributed by atoms with Gasteiger partial charge >= 0.3 is 12.2 Å². The highest BCUT2D eigenvalue weighted by Gasteiger charge is 2.32. The number of alkyl halides is 3. The molecule has 0 aromatic heterocycles. The zero-order chi connectivity index (χ0) is 33.9. The summed E-state index contributed by atoms with van der Waals surface area (Å²) in [7, 11) is 1.45. The van der Waals surface area contributed by atoms with E-state index in [1.54, 1.807) is 25.1 Å². The molecule has 1 heterocycles. The predicted molar refractivity (Wildman–Crippen MR) is 169 cm³/mol. The number of urea groups is 1. The van der Waals surface area contributed by atoms with Crippen LogP contribution >= 0.6 is 0 Å². The van der Waals surface area contributed by atoms with Gasteiger partial charge in [0.25, 0.3) is 5.91 Å². The van der Waals surface area contributed by atoms with Crippen molar-refractivity contribution in [3.05, 3.63) is 23.8 Å². The zero-order valence-electron chi connectivity index (χ0n) is 27.5. The number of anilines is 1. The van der Waals surface area contributed by atoms with Gasteiger partial charge in [-0.3, -0.25) is 9.59 Å². The number of carbonyl (C=O) groups excluding carboxylic acids is 3. The van der Waals surface area contributed by atoms with Crippen molar-refractivity contribution in [1.29, 1.82) is 0 Å². The lowest BCUT2D eigenvalue weighted by molar-refractivity contribution is -0.149. The number of amides is 4. The summed E-state index contributed by atoms with van der Waals surface area (Å²) in [6.45, 7) is 5.68. The number of aliphatic hydroxyl groups is 1. The van der Waals surface area contributed by atoms with Gasteiger partial charge in [-0.1, -0.05) is 26.2 Å². The highest BCUT2D eigenvalue weighted by Crippen LogP contribution is 2.29. The number of fused-ring (bicyclic) bond motifs is 1.